The number of halogens is 1. The molecular formula is C14H16BrNO4. The van der Waals surface area contributed by atoms with Crippen molar-refractivity contribution in [2.45, 2.75) is 20.5 Å². The zero-order valence-electron chi connectivity index (χ0n) is 11.5. The van der Waals surface area contributed by atoms with Gasteiger partial charge in [0.05, 0.1) is 6.61 Å². The average molecular weight is 342 g/mol. The molecule has 2 N–H and O–H groups in total. The van der Waals surface area contributed by atoms with E-state index in [4.69, 9.17) is 9.84 Å². The van der Waals surface area contributed by atoms with Gasteiger partial charge < -0.3 is 15.2 Å². The molecule has 0 saturated heterocycles. The molecule has 6 heteroatoms. The molecule has 1 rings (SSSR count). The van der Waals surface area contributed by atoms with E-state index in [-0.39, 0.29) is 11.1 Å². The quantitative estimate of drug-likeness (QED) is 0.807. The van der Waals surface area contributed by atoms with Crippen molar-refractivity contribution < 1.29 is 19.4 Å². The van der Waals surface area contributed by atoms with Crippen molar-refractivity contribution in [2.75, 3.05) is 12.4 Å². The van der Waals surface area contributed by atoms with E-state index in [1.807, 2.05) is 6.07 Å². The summed E-state index contributed by atoms with van der Waals surface area (Å²) in [7, 11) is 1.56. The Morgan fingerprint density at radius 2 is 1.95 bits per heavy atom. The number of aliphatic carboxylic acids is 1. The van der Waals surface area contributed by atoms with Gasteiger partial charge in [-0.15, -0.1) is 0 Å². The lowest BCUT2D eigenvalue weighted by Crippen LogP contribution is -2.17. The summed E-state index contributed by atoms with van der Waals surface area (Å²) in [6.45, 7) is 3.21. The second kappa shape index (κ2) is 7.21. The van der Waals surface area contributed by atoms with E-state index in [1.54, 1.807) is 19.2 Å². The fourth-order valence-electron chi connectivity index (χ4n) is 1.51. The molecule has 1 aromatic carbocycles. The topological polar surface area (TPSA) is 75.6 Å². The van der Waals surface area contributed by atoms with Crippen molar-refractivity contribution in [3.63, 3.8) is 0 Å². The van der Waals surface area contributed by atoms with Gasteiger partial charge >= 0.3 is 5.97 Å². The molecule has 0 unspecified atom stereocenters. The molecule has 20 heavy (non-hydrogen) atoms. The molecule has 0 saturated carbocycles. The zero-order valence-corrected chi connectivity index (χ0v) is 13.1. The van der Waals surface area contributed by atoms with Gasteiger partial charge in [-0.05, 0) is 26.0 Å². The SMILES string of the molecule is COCc1c(Br)cccc1NC(=O)C(C)=C(C)C(=O)O. The van der Waals surface area contributed by atoms with Crippen LogP contribution in [0.25, 0.3) is 0 Å². The number of benzene rings is 1. The monoisotopic (exact) mass is 341 g/mol. The smallest absolute Gasteiger partial charge is 0.331 e. The standard InChI is InChI=1S/C14H16BrNO4/c1-8(9(2)14(18)19)13(17)16-12-6-4-5-11(15)10(12)7-20-3/h4-6H,7H2,1-3H3,(H,16,17)(H,18,19). The van der Waals surface area contributed by atoms with Crippen LogP contribution in [0.4, 0.5) is 5.69 Å². The summed E-state index contributed by atoms with van der Waals surface area (Å²) < 4.78 is 5.90. The Hall–Kier alpha value is -1.66. The van der Waals surface area contributed by atoms with Crippen molar-refractivity contribution in [3.05, 3.63) is 39.4 Å². The Labute approximate surface area is 125 Å². The van der Waals surface area contributed by atoms with Crippen molar-refractivity contribution in [1.82, 2.24) is 0 Å². The molecule has 0 atom stereocenters. The minimum atomic E-state index is -1.11. The lowest BCUT2D eigenvalue weighted by molar-refractivity contribution is -0.133. The summed E-state index contributed by atoms with van der Waals surface area (Å²) in [5.74, 6) is -1.55. The Balaban J connectivity index is 3.05. The van der Waals surface area contributed by atoms with Crippen molar-refractivity contribution >= 4 is 33.5 Å². The Morgan fingerprint density at radius 1 is 1.30 bits per heavy atom. The first-order valence-corrected chi connectivity index (χ1v) is 6.66. The van der Waals surface area contributed by atoms with Gasteiger partial charge in [0.25, 0.3) is 5.91 Å². The molecule has 0 radical (unpaired) electrons. The molecule has 1 amide bonds. The van der Waals surface area contributed by atoms with Gasteiger partial charge in [0, 0.05) is 34.0 Å². The van der Waals surface area contributed by atoms with Crippen LogP contribution in [0.15, 0.2) is 33.8 Å². The van der Waals surface area contributed by atoms with Crippen LogP contribution in [0, 0.1) is 0 Å². The van der Waals surface area contributed by atoms with E-state index in [2.05, 4.69) is 21.2 Å². The number of ether oxygens (including phenoxy) is 1. The van der Waals surface area contributed by atoms with Crippen LogP contribution in [0.2, 0.25) is 0 Å². The maximum atomic E-state index is 12.0. The third kappa shape index (κ3) is 3.91. The number of carbonyl (C=O) groups is 2. The molecule has 0 aliphatic heterocycles. The molecule has 0 aliphatic carbocycles. The minimum Gasteiger partial charge on any atom is -0.478 e. The van der Waals surface area contributed by atoms with Crippen LogP contribution in [-0.2, 0) is 20.9 Å². The van der Waals surface area contributed by atoms with E-state index in [0.717, 1.165) is 10.0 Å². The number of hydrogen-bond acceptors (Lipinski definition) is 3. The third-order valence-electron chi connectivity index (χ3n) is 2.88. The number of carboxylic acid groups (broad SMARTS) is 1. The first-order valence-electron chi connectivity index (χ1n) is 5.87. The zero-order chi connectivity index (χ0) is 15.3. The van der Waals surface area contributed by atoms with Gasteiger partial charge in [0.1, 0.15) is 0 Å². The van der Waals surface area contributed by atoms with E-state index in [9.17, 15) is 9.59 Å². The van der Waals surface area contributed by atoms with Crippen LogP contribution in [-0.4, -0.2) is 24.1 Å². The predicted molar refractivity (Wildman–Crippen MR) is 79.5 cm³/mol. The minimum absolute atomic E-state index is 0.0192. The van der Waals surface area contributed by atoms with E-state index < -0.39 is 11.9 Å². The Morgan fingerprint density at radius 3 is 2.50 bits per heavy atom. The van der Waals surface area contributed by atoms with E-state index >= 15 is 0 Å². The Kier molecular flexibility index (Phi) is 5.91. The molecule has 0 spiro atoms. The highest BCUT2D eigenvalue weighted by Gasteiger charge is 2.15. The highest BCUT2D eigenvalue weighted by molar-refractivity contribution is 9.10. The summed E-state index contributed by atoms with van der Waals surface area (Å²) in [4.78, 5) is 22.9. The number of carboxylic acids is 1. The maximum absolute atomic E-state index is 12.0. The van der Waals surface area contributed by atoms with Crippen LogP contribution in [0.3, 0.4) is 0 Å². The molecule has 0 aromatic heterocycles. The first kappa shape index (κ1) is 16.4. The summed E-state index contributed by atoms with van der Waals surface area (Å²) >= 11 is 3.39. The number of anilines is 1. The largest absolute Gasteiger partial charge is 0.478 e. The second-order valence-electron chi connectivity index (χ2n) is 4.21. The van der Waals surface area contributed by atoms with Gasteiger partial charge in [-0.1, -0.05) is 22.0 Å². The summed E-state index contributed by atoms with van der Waals surface area (Å²) in [6, 6.07) is 5.36. The number of nitrogens with one attached hydrogen (secondary N) is 1. The predicted octanol–water partition coefficient (Wildman–Crippen LogP) is 2.96. The van der Waals surface area contributed by atoms with Crippen LogP contribution < -0.4 is 5.32 Å². The average Bonchev–Trinajstić information content (AvgIpc) is 2.40. The number of hydrogen-bond donors (Lipinski definition) is 2. The van der Waals surface area contributed by atoms with Crippen molar-refractivity contribution in [2.24, 2.45) is 0 Å². The highest BCUT2D eigenvalue weighted by Crippen LogP contribution is 2.26. The van der Waals surface area contributed by atoms with Crippen LogP contribution in [0.5, 0.6) is 0 Å². The van der Waals surface area contributed by atoms with Gasteiger partial charge in [0.15, 0.2) is 0 Å². The number of amides is 1. The lowest BCUT2D eigenvalue weighted by atomic mass is 10.1. The van der Waals surface area contributed by atoms with Crippen LogP contribution in [0.1, 0.15) is 19.4 Å². The molecule has 0 aliphatic rings. The normalized spacial score (nSPS) is 11.8. The van der Waals surface area contributed by atoms with Gasteiger partial charge in [-0.25, -0.2) is 4.79 Å². The fourth-order valence-corrected chi connectivity index (χ4v) is 1.99. The number of methoxy groups -OCH3 is 1. The molecule has 5 nitrogen and oxygen atoms in total. The highest BCUT2D eigenvalue weighted by atomic mass is 79.9. The van der Waals surface area contributed by atoms with Gasteiger partial charge in [-0.3, -0.25) is 4.79 Å². The van der Waals surface area contributed by atoms with Gasteiger partial charge in [0.2, 0.25) is 0 Å². The van der Waals surface area contributed by atoms with Gasteiger partial charge in [-0.2, -0.15) is 0 Å². The summed E-state index contributed by atoms with van der Waals surface area (Å²) in [5.41, 5.74) is 1.57. The summed E-state index contributed by atoms with van der Waals surface area (Å²) in [5, 5.41) is 11.6. The third-order valence-corrected chi connectivity index (χ3v) is 3.62. The molecular weight excluding hydrogens is 326 g/mol. The maximum Gasteiger partial charge on any atom is 0.331 e. The second-order valence-corrected chi connectivity index (χ2v) is 5.06. The lowest BCUT2D eigenvalue weighted by Gasteiger charge is -2.13. The molecule has 0 heterocycles. The van der Waals surface area contributed by atoms with E-state index in [0.29, 0.717) is 12.3 Å². The molecule has 0 bridgehead atoms. The number of rotatable bonds is 5. The fraction of sp³-hybridized carbons (Fsp3) is 0.286. The molecule has 0 fully saturated rings. The summed E-state index contributed by atoms with van der Waals surface area (Å²) in [6.07, 6.45) is 0. The number of carbonyl (C=O) groups excluding carboxylic acids is 1. The van der Waals surface area contributed by atoms with Crippen LogP contribution >= 0.6 is 15.9 Å². The van der Waals surface area contributed by atoms with E-state index in [1.165, 1.54) is 13.8 Å². The van der Waals surface area contributed by atoms with Crippen molar-refractivity contribution in [3.8, 4) is 0 Å². The molecule has 108 valence electrons. The molecule has 1 aromatic rings. The van der Waals surface area contributed by atoms with Crippen molar-refractivity contribution in [1.29, 1.82) is 0 Å². The Bertz CT molecular complexity index is 566. The first-order chi connectivity index (χ1) is 9.38.